The Bertz CT molecular complexity index is 873. The molecule has 118 valence electrons. The summed E-state index contributed by atoms with van der Waals surface area (Å²) >= 11 is 5.99. The van der Waals surface area contributed by atoms with Crippen LogP contribution in [0, 0.1) is 12.7 Å². The lowest BCUT2D eigenvalue weighted by Gasteiger charge is -2.19. The van der Waals surface area contributed by atoms with Crippen LogP contribution in [0.2, 0.25) is 5.02 Å². The number of likely N-dealkylation sites (N-methyl/N-ethyl adjacent to an activating group) is 1. The van der Waals surface area contributed by atoms with Crippen molar-refractivity contribution >= 4 is 34.2 Å². The Balaban J connectivity index is 1.88. The molecule has 5 nitrogen and oxygen atoms in total. The van der Waals surface area contributed by atoms with Crippen molar-refractivity contribution in [3.63, 3.8) is 0 Å². The van der Waals surface area contributed by atoms with Gasteiger partial charge in [0.25, 0.3) is 0 Å². The average molecular weight is 333 g/mol. The van der Waals surface area contributed by atoms with E-state index in [1.165, 1.54) is 34.8 Å². The van der Waals surface area contributed by atoms with Crippen LogP contribution in [0.1, 0.15) is 5.56 Å². The molecule has 0 N–H and O–H groups in total. The molecular weight excluding hydrogens is 319 g/mol. The van der Waals surface area contributed by atoms with Crippen molar-refractivity contribution in [2.45, 2.75) is 13.5 Å². The van der Waals surface area contributed by atoms with Gasteiger partial charge in [0, 0.05) is 18.6 Å². The van der Waals surface area contributed by atoms with Gasteiger partial charge in [-0.2, -0.15) is 5.10 Å². The highest BCUT2D eigenvalue weighted by Crippen LogP contribution is 2.28. The van der Waals surface area contributed by atoms with E-state index in [9.17, 15) is 9.18 Å². The summed E-state index contributed by atoms with van der Waals surface area (Å²) in [6, 6.07) is 6.23. The minimum absolute atomic E-state index is 0.0548. The number of rotatable bonds is 3. The van der Waals surface area contributed by atoms with Crippen LogP contribution in [0.4, 0.5) is 10.1 Å². The number of para-hydroxylation sites is 1. The largest absolute Gasteiger partial charge is 0.310 e. The van der Waals surface area contributed by atoms with Crippen LogP contribution in [0.3, 0.4) is 0 Å². The highest BCUT2D eigenvalue weighted by atomic mass is 35.5. The number of benzene rings is 1. The Hall–Kier alpha value is -2.47. The summed E-state index contributed by atoms with van der Waals surface area (Å²) in [6.07, 6.45) is 3.36. The zero-order valence-electron chi connectivity index (χ0n) is 12.6. The van der Waals surface area contributed by atoms with Crippen LogP contribution in [0.25, 0.3) is 11.0 Å². The lowest BCUT2D eigenvalue weighted by atomic mass is 10.2. The van der Waals surface area contributed by atoms with Crippen LogP contribution in [0.15, 0.2) is 36.7 Å². The van der Waals surface area contributed by atoms with Crippen molar-refractivity contribution in [1.29, 1.82) is 0 Å². The third kappa shape index (κ3) is 2.90. The number of nitrogens with zero attached hydrogens (tertiary/aromatic N) is 4. The average Bonchev–Trinajstić information content (AvgIpc) is 2.89. The Morgan fingerprint density at radius 3 is 2.91 bits per heavy atom. The molecule has 3 aromatic rings. The molecule has 0 fully saturated rings. The van der Waals surface area contributed by atoms with Gasteiger partial charge in [0.05, 0.1) is 16.9 Å². The predicted octanol–water partition coefficient (Wildman–Crippen LogP) is 3.20. The first-order valence-corrected chi connectivity index (χ1v) is 7.34. The maximum Gasteiger partial charge on any atom is 0.248 e. The number of carbonyl (C=O) groups excluding carboxylic acids is 1. The Labute approximate surface area is 137 Å². The van der Waals surface area contributed by atoms with Crippen LogP contribution in [-0.2, 0) is 11.3 Å². The predicted molar refractivity (Wildman–Crippen MR) is 87.1 cm³/mol. The molecule has 0 bridgehead atoms. The van der Waals surface area contributed by atoms with Crippen molar-refractivity contribution in [2.24, 2.45) is 0 Å². The van der Waals surface area contributed by atoms with Crippen LogP contribution < -0.4 is 4.90 Å². The minimum atomic E-state index is -0.549. The molecule has 23 heavy (non-hydrogen) atoms. The second-order valence-corrected chi connectivity index (χ2v) is 5.66. The first kappa shape index (κ1) is 15.4. The number of aryl methyl sites for hydroxylation is 1. The van der Waals surface area contributed by atoms with Gasteiger partial charge in [0.15, 0.2) is 5.65 Å². The molecule has 1 aromatic carbocycles. The molecule has 2 aromatic heterocycles. The molecule has 0 saturated carbocycles. The first-order valence-electron chi connectivity index (χ1n) is 6.96. The fourth-order valence-electron chi connectivity index (χ4n) is 2.37. The number of amides is 1. The highest BCUT2D eigenvalue weighted by molar-refractivity contribution is 6.33. The SMILES string of the molecule is Cc1cnc2c(cnn2CC(=O)N(C)c2c(F)cccc2Cl)c1. The molecule has 2 heterocycles. The molecule has 1 amide bonds. The molecule has 0 unspecified atom stereocenters. The summed E-state index contributed by atoms with van der Waals surface area (Å²) in [7, 11) is 1.48. The smallest absolute Gasteiger partial charge is 0.248 e. The van der Waals surface area contributed by atoms with E-state index in [4.69, 9.17) is 11.6 Å². The van der Waals surface area contributed by atoms with Gasteiger partial charge < -0.3 is 4.90 Å². The molecule has 0 radical (unpaired) electrons. The van der Waals surface area contributed by atoms with Crippen LogP contribution in [0.5, 0.6) is 0 Å². The fraction of sp³-hybridized carbons (Fsp3) is 0.188. The number of hydrogen-bond acceptors (Lipinski definition) is 3. The highest BCUT2D eigenvalue weighted by Gasteiger charge is 2.19. The minimum Gasteiger partial charge on any atom is -0.310 e. The van der Waals surface area contributed by atoms with E-state index in [0.29, 0.717) is 5.65 Å². The zero-order valence-corrected chi connectivity index (χ0v) is 13.4. The van der Waals surface area contributed by atoms with Crippen LogP contribution in [-0.4, -0.2) is 27.7 Å². The Morgan fingerprint density at radius 1 is 1.39 bits per heavy atom. The number of anilines is 1. The molecule has 3 rings (SSSR count). The van der Waals surface area contributed by atoms with Gasteiger partial charge in [0.2, 0.25) is 5.91 Å². The number of pyridine rings is 1. The lowest BCUT2D eigenvalue weighted by Crippen LogP contribution is -2.31. The maximum absolute atomic E-state index is 13.9. The van der Waals surface area contributed by atoms with Crippen LogP contribution >= 0.6 is 11.6 Å². The van der Waals surface area contributed by atoms with E-state index < -0.39 is 5.82 Å². The van der Waals surface area contributed by atoms with Crippen molar-refractivity contribution in [2.75, 3.05) is 11.9 Å². The molecular formula is C16H14ClFN4O. The zero-order chi connectivity index (χ0) is 16.6. The second-order valence-electron chi connectivity index (χ2n) is 5.25. The van der Waals surface area contributed by atoms with Gasteiger partial charge in [-0.15, -0.1) is 0 Å². The Morgan fingerprint density at radius 2 is 2.17 bits per heavy atom. The van der Waals surface area contributed by atoms with E-state index in [1.807, 2.05) is 13.0 Å². The van der Waals surface area contributed by atoms with E-state index in [2.05, 4.69) is 10.1 Å². The monoisotopic (exact) mass is 332 g/mol. The summed E-state index contributed by atoms with van der Waals surface area (Å²) in [5.74, 6) is -0.892. The third-order valence-electron chi connectivity index (χ3n) is 3.54. The summed E-state index contributed by atoms with van der Waals surface area (Å²) in [4.78, 5) is 17.9. The first-order chi connectivity index (χ1) is 11.0. The quantitative estimate of drug-likeness (QED) is 0.740. The van der Waals surface area contributed by atoms with E-state index in [0.717, 1.165) is 10.9 Å². The summed E-state index contributed by atoms with van der Waals surface area (Å²) < 4.78 is 15.4. The van der Waals surface area contributed by atoms with Crippen molar-refractivity contribution in [3.8, 4) is 0 Å². The lowest BCUT2D eigenvalue weighted by molar-refractivity contribution is -0.119. The van der Waals surface area contributed by atoms with E-state index in [1.54, 1.807) is 12.4 Å². The van der Waals surface area contributed by atoms with Gasteiger partial charge in [-0.1, -0.05) is 17.7 Å². The third-order valence-corrected chi connectivity index (χ3v) is 3.85. The second kappa shape index (κ2) is 5.96. The van der Waals surface area contributed by atoms with Gasteiger partial charge >= 0.3 is 0 Å². The summed E-state index contributed by atoms with van der Waals surface area (Å²) in [5.41, 5.74) is 1.68. The summed E-state index contributed by atoms with van der Waals surface area (Å²) in [6.45, 7) is 1.88. The maximum atomic E-state index is 13.9. The standard InChI is InChI=1S/C16H14ClFN4O/c1-10-6-11-8-20-22(16(11)19-7-10)9-14(23)21(2)15-12(17)4-3-5-13(15)18/h3-8H,9H2,1-2H3. The van der Waals surface area contributed by atoms with Gasteiger partial charge in [0.1, 0.15) is 12.4 Å². The topological polar surface area (TPSA) is 51.0 Å². The molecule has 0 spiro atoms. The van der Waals surface area contributed by atoms with E-state index in [-0.39, 0.29) is 23.2 Å². The number of aromatic nitrogens is 3. The fourth-order valence-corrected chi connectivity index (χ4v) is 2.66. The van der Waals surface area contributed by atoms with Gasteiger partial charge in [-0.3, -0.25) is 4.79 Å². The number of hydrogen-bond donors (Lipinski definition) is 0. The normalized spacial score (nSPS) is 11.0. The number of halogens is 2. The summed E-state index contributed by atoms with van der Waals surface area (Å²) in [5, 5.41) is 5.21. The van der Waals surface area contributed by atoms with Crippen molar-refractivity contribution in [3.05, 3.63) is 53.1 Å². The van der Waals surface area contributed by atoms with Crippen molar-refractivity contribution < 1.29 is 9.18 Å². The van der Waals surface area contributed by atoms with E-state index >= 15 is 0 Å². The van der Waals surface area contributed by atoms with Gasteiger partial charge in [-0.25, -0.2) is 14.1 Å². The molecule has 0 aliphatic rings. The number of fused-ring (bicyclic) bond motifs is 1. The number of carbonyl (C=O) groups is 1. The van der Waals surface area contributed by atoms with Gasteiger partial charge in [-0.05, 0) is 30.7 Å². The molecule has 0 aliphatic carbocycles. The molecule has 0 aliphatic heterocycles. The van der Waals surface area contributed by atoms with Crippen molar-refractivity contribution in [1.82, 2.24) is 14.8 Å². The Kier molecular flexibility index (Phi) is 4.00. The molecule has 7 heteroatoms. The molecule has 0 saturated heterocycles. The molecule has 0 atom stereocenters.